The first-order valence-electron chi connectivity index (χ1n) is 4.62. The van der Waals surface area contributed by atoms with Gasteiger partial charge in [-0.1, -0.05) is 22.0 Å². The van der Waals surface area contributed by atoms with Gasteiger partial charge in [0.1, 0.15) is 0 Å². The number of benzene rings is 1. The molecule has 0 spiro atoms. The fourth-order valence-electron chi connectivity index (χ4n) is 1.66. The molecule has 70 valence electrons. The normalized spacial score (nSPS) is 18.7. The molecule has 1 aromatic carbocycles. The van der Waals surface area contributed by atoms with E-state index >= 15 is 0 Å². The molecular weight excluding hydrogens is 226 g/mol. The molecule has 0 atom stereocenters. The van der Waals surface area contributed by atoms with E-state index in [1.54, 1.807) is 0 Å². The van der Waals surface area contributed by atoms with Crippen molar-refractivity contribution in [1.29, 1.82) is 0 Å². The molecule has 0 aromatic heterocycles. The second kappa shape index (κ2) is 3.10. The Balaban J connectivity index is 2.20. The summed E-state index contributed by atoms with van der Waals surface area (Å²) in [6, 6.07) is 6.51. The highest BCUT2D eigenvalue weighted by molar-refractivity contribution is 9.10. The first kappa shape index (κ1) is 9.22. The molecule has 1 aliphatic rings. The van der Waals surface area contributed by atoms with Crippen LogP contribution in [0.5, 0.6) is 0 Å². The molecule has 0 unspecified atom stereocenters. The van der Waals surface area contributed by atoms with E-state index in [-0.39, 0.29) is 5.54 Å². The molecule has 0 heterocycles. The molecule has 1 saturated carbocycles. The average molecular weight is 240 g/mol. The zero-order valence-corrected chi connectivity index (χ0v) is 9.39. The largest absolute Gasteiger partial charge is 0.325 e. The van der Waals surface area contributed by atoms with Crippen LogP contribution in [0.1, 0.15) is 24.0 Å². The van der Waals surface area contributed by atoms with Crippen molar-refractivity contribution in [3.8, 4) is 0 Å². The van der Waals surface area contributed by atoms with Crippen molar-refractivity contribution in [3.05, 3.63) is 33.8 Å². The molecule has 2 N–H and O–H groups in total. The molecule has 1 aromatic rings. The minimum atomic E-state index is 0.118. The van der Waals surface area contributed by atoms with Crippen LogP contribution in [0.2, 0.25) is 0 Å². The third-order valence-electron chi connectivity index (χ3n) is 2.55. The Morgan fingerprint density at radius 3 is 2.62 bits per heavy atom. The predicted octanol–water partition coefficient (Wildman–Crippen LogP) is 2.79. The first-order valence-corrected chi connectivity index (χ1v) is 5.42. The van der Waals surface area contributed by atoms with Gasteiger partial charge in [-0.25, -0.2) is 0 Å². The van der Waals surface area contributed by atoms with E-state index in [9.17, 15) is 0 Å². The van der Waals surface area contributed by atoms with Crippen LogP contribution < -0.4 is 5.73 Å². The van der Waals surface area contributed by atoms with Crippen LogP contribution in [0.15, 0.2) is 22.7 Å². The lowest BCUT2D eigenvalue weighted by Gasteiger charge is -2.09. The van der Waals surface area contributed by atoms with E-state index in [1.165, 1.54) is 24.0 Å². The summed E-state index contributed by atoms with van der Waals surface area (Å²) in [5, 5.41) is 0. The fraction of sp³-hybridized carbons (Fsp3) is 0.455. The lowest BCUT2D eigenvalue weighted by molar-refractivity contribution is 0.671. The maximum absolute atomic E-state index is 6.06. The van der Waals surface area contributed by atoms with Crippen molar-refractivity contribution < 1.29 is 0 Å². The van der Waals surface area contributed by atoms with E-state index in [4.69, 9.17) is 5.73 Å². The van der Waals surface area contributed by atoms with Crippen molar-refractivity contribution in [2.24, 2.45) is 5.73 Å². The number of halogens is 1. The predicted molar refractivity (Wildman–Crippen MR) is 58.7 cm³/mol. The smallest absolute Gasteiger partial charge is 0.0196 e. The molecule has 2 rings (SSSR count). The van der Waals surface area contributed by atoms with Crippen LogP contribution in [0.4, 0.5) is 0 Å². The molecule has 1 aliphatic carbocycles. The molecule has 2 heteroatoms. The Hall–Kier alpha value is -0.340. The Morgan fingerprint density at radius 2 is 2.08 bits per heavy atom. The van der Waals surface area contributed by atoms with E-state index in [0.29, 0.717) is 0 Å². The maximum Gasteiger partial charge on any atom is 0.0196 e. The summed E-state index contributed by atoms with van der Waals surface area (Å²) >= 11 is 3.50. The van der Waals surface area contributed by atoms with Crippen LogP contribution in [0.3, 0.4) is 0 Å². The van der Waals surface area contributed by atoms with Crippen molar-refractivity contribution in [2.45, 2.75) is 31.7 Å². The molecule has 13 heavy (non-hydrogen) atoms. The van der Waals surface area contributed by atoms with Crippen LogP contribution in [0, 0.1) is 6.92 Å². The number of nitrogens with two attached hydrogens (primary N) is 1. The molecule has 1 fully saturated rings. The lowest BCUT2D eigenvalue weighted by atomic mass is 10.0. The summed E-state index contributed by atoms with van der Waals surface area (Å²) in [5.74, 6) is 0. The van der Waals surface area contributed by atoms with Gasteiger partial charge in [-0.2, -0.15) is 0 Å². The summed E-state index contributed by atoms with van der Waals surface area (Å²) in [7, 11) is 0. The van der Waals surface area contributed by atoms with Gasteiger partial charge < -0.3 is 5.73 Å². The highest BCUT2D eigenvalue weighted by atomic mass is 79.9. The topological polar surface area (TPSA) is 26.0 Å². The standard InChI is InChI=1S/C11H14BrN/c1-8-4-9(6-10(12)5-8)7-11(13)2-3-11/h4-6H,2-3,7,13H2,1H3. The molecule has 0 aliphatic heterocycles. The summed E-state index contributed by atoms with van der Waals surface area (Å²) in [6.07, 6.45) is 3.38. The van der Waals surface area contributed by atoms with Crippen molar-refractivity contribution in [2.75, 3.05) is 0 Å². The number of rotatable bonds is 2. The third-order valence-corrected chi connectivity index (χ3v) is 3.01. The molecule has 1 nitrogen and oxygen atoms in total. The third kappa shape index (κ3) is 2.32. The first-order chi connectivity index (χ1) is 6.07. The van der Waals surface area contributed by atoms with Crippen LogP contribution >= 0.6 is 15.9 Å². The molecule has 0 amide bonds. The quantitative estimate of drug-likeness (QED) is 0.845. The number of aryl methyl sites for hydroxylation is 1. The molecule has 0 saturated heterocycles. The van der Waals surface area contributed by atoms with Crippen LogP contribution in [0.25, 0.3) is 0 Å². The van der Waals surface area contributed by atoms with Gasteiger partial charge in [-0.3, -0.25) is 0 Å². The SMILES string of the molecule is Cc1cc(Br)cc(CC2(N)CC2)c1. The highest BCUT2D eigenvalue weighted by Gasteiger charge is 2.37. The summed E-state index contributed by atoms with van der Waals surface area (Å²) < 4.78 is 1.16. The monoisotopic (exact) mass is 239 g/mol. The Bertz CT molecular complexity index is 309. The van der Waals surface area contributed by atoms with Crippen LogP contribution in [-0.4, -0.2) is 5.54 Å². The summed E-state index contributed by atoms with van der Waals surface area (Å²) in [5.41, 5.74) is 8.83. The second-order valence-electron chi connectivity index (χ2n) is 4.18. The van der Waals surface area contributed by atoms with Gasteiger partial charge in [0.05, 0.1) is 0 Å². The lowest BCUT2D eigenvalue weighted by Crippen LogP contribution is -2.24. The van der Waals surface area contributed by atoms with Crippen molar-refractivity contribution in [1.82, 2.24) is 0 Å². The van der Waals surface area contributed by atoms with E-state index in [0.717, 1.165) is 10.9 Å². The van der Waals surface area contributed by atoms with E-state index in [2.05, 4.69) is 41.1 Å². The molecule has 0 bridgehead atoms. The van der Waals surface area contributed by atoms with Gasteiger partial charge in [0.15, 0.2) is 0 Å². The van der Waals surface area contributed by atoms with Gasteiger partial charge >= 0.3 is 0 Å². The van der Waals surface area contributed by atoms with E-state index < -0.39 is 0 Å². The van der Waals surface area contributed by atoms with Crippen molar-refractivity contribution in [3.63, 3.8) is 0 Å². The second-order valence-corrected chi connectivity index (χ2v) is 5.09. The zero-order valence-electron chi connectivity index (χ0n) is 7.81. The minimum absolute atomic E-state index is 0.118. The zero-order chi connectivity index (χ0) is 9.47. The summed E-state index contributed by atoms with van der Waals surface area (Å²) in [4.78, 5) is 0. The summed E-state index contributed by atoms with van der Waals surface area (Å²) in [6.45, 7) is 2.12. The van der Waals surface area contributed by atoms with Crippen LogP contribution in [-0.2, 0) is 6.42 Å². The number of hydrogen-bond acceptors (Lipinski definition) is 1. The number of hydrogen-bond donors (Lipinski definition) is 1. The molecule has 0 radical (unpaired) electrons. The van der Waals surface area contributed by atoms with Gasteiger partial charge in [0.25, 0.3) is 0 Å². The van der Waals surface area contributed by atoms with E-state index in [1.807, 2.05) is 0 Å². The highest BCUT2D eigenvalue weighted by Crippen LogP contribution is 2.36. The molecular formula is C11H14BrN. The minimum Gasteiger partial charge on any atom is -0.325 e. The van der Waals surface area contributed by atoms with Gasteiger partial charge in [0.2, 0.25) is 0 Å². The van der Waals surface area contributed by atoms with Crippen molar-refractivity contribution >= 4 is 15.9 Å². The van der Waals surface area contributed by atoms with Gasteiger partial charge in [-0.15, -0.1) is 0 Å². The Morgan fingerprint density at radius 1 is 1.38 bits per heavy atom. The van der Waals surface area contributed by atoms with Gasteiger partial charge in [-0.05, 0) is 49.4 Å². The Labute approximate surface area is 87.5 Å². The average Bonchev–Trinajstić information content (AvgIpc) is 2.64. The Kier molecular flexibility index (Phi) is 2.20. The van der Waals surface area contributed by atoms with Gasteiger partial charge in [0, 0.05) is 10.0 Å². The fourth-order valence-corrected chi connectivity index (χ4v) is 2.31. The maximum atomic E-state index is 6.06.